The van der Waals surface area contributed by atoms with Crippen LogP contribution in [0, 0.1) is 0 Å². The first-order valence-electron chi connectivity index (χ1n) is 10.5. The van der Waals surface area contributed by atoms with Crippen molar-refractivity contribution < 1.29 is 24.2 Å². The van der Waals surface area contributed by atoms with E-state index in [4.69, 9.17) is 14.6 Å². The molecule has 2 aliphatic rings. The van der Waals surface area contributed by atoms with Crippen molar-refractivity contribution in [2.75, 3.05) is 44.8 Å². The summed E-state index contributed by atoms with van der Waals surface area (Å²) >= 11 is 0. The standard InChI is InChI=1S/C24H23N3O5/c28-23-20(19-3-1-15(24(29)30)13-22(19)26-23)14-17-11-16-12-18(2-4-21(16)25-17)32-10-7-27-5-8-31-9-6-27/h1-4,11-14,25H,5-10H2,(H,26,28)(H,29,30)/b20-14-. The maximum Gasteiger partial charge on any atom is 0.335 e. The van der Waals surface area contributed by atoms with Crippen LogP contribution in [0.4, 0.5) is 5.69 Å². The number of amides is 1. The molecule has 0 spiro atoms. The van der Waals surface area contributed by atoms with Gasteiger partial charge in [-0.25, -0.2) is 4.79 Å². The summed E-state index contributed by atoms with van der Waals surface area (Å²) in [6.45, 7) is 4.90. The molecular formula is C24H23N3O5. The molecule has 164 valence electrons. The molecule has 3 heterocycles. The van der Waals surface area contributed by atoms with Crippen molar-refractivity contribution in [3.05, 3.63) is 59.3 Å². The second-order valence-electron chi connectivity index (χ2n) is 7.85. The van der Waals surface area contributed by atoms with Crippen LogP contribution in [0.5, 0.6) is 5.75 Å². The highest BCUT2D eigenvalue weighted by Gasteiger charge is 2.25. The summed E-state index contributed by atoms with van der Waals surface area (Å²) in [6.07, 6.45) is 1.78. The molecule has 0 atom stereocenters. The fourth-order valence-electron chi connectivity index (χ4n) is 4.04. The predicted octanol–water partition coefficient (Wildman–Crippen LogP) is 3.07. The lowest BCUT2D eigenvalue weighted by Crippen LogP contribution is -2.38. The zero-order chi connectivity index (χ0) is 22.1. The van der Waals surface area contributed by atoms with E-state index >= 15 is 0 Å². The number of fused-ring (bicyclic) bond motifs is 2. The van der Waals surface area contributed by atoms with Gasteiger partial charge >= 0.3 is 5.97 Å². The number of hydrogen-bond donors (Lipinski definition) is 3. The molecular weight excluding hydrogens is 410 g/mol. The Hall–Kier alpha value is -3.62. The fraction of sp³-hybridized carbons (Fsp3) is 0.250. The number of anilines is 1. The van der Waals surface area contributed by atoms with E-state index in [1.165, 1.54) is 12.1 Å². The van der Waals surface area contributed by atoms with Crippen LogP contribution in [0.15, 0.2) is 42.5 Å². The van der Waals surface area contributed by atoms with Gasteiger partial charge in [0.2, 0.25) is 0 Å². The van der Waals surface area contributed by atoms with Crippen LogP contribution in [-0.4, -0.2) is 66.3 Å². The number of carbonyl (C=O) groups excluding carboxylic acids is 1. The number of carboxylic acids is 1. The topological polar surface area (TPSA) is 104 Å². The van der Waals surface area contributed by atoms with Gasteiger partial charge < -0.3 is 24.9 Å². The summed E-state index contributed by atoms with van der Waals surface area (Å²) < 4.78 is 11.3. The van der Waals surface area contributed by atoms with E-state index < -0.39 is 5.97 Å². The largest absolute Gasteiger partial charge is 0.492 e. The summed E-state index contributed by atoms with van der Waals surface area (Å²) in [7, 11) is 0. The first-order chi connectivity index (χ1) is 15.6. The average Bonchev–Trinajstić information content (AvgIpc) is 3.33. The highest BCUT2D eigenvalue weighted by Crippen LogP contribution is 2.34. The molecule has 1 fully saturated rings. The Morgan fingerprint density at radius 1 is 1.16 bits per heavy atom. The lowest BCUT2D eigenvalue weighted by molar-refractivity contribution is -0.110. The lowest BCUT2D eigenvalue weighted by Gasteiger charge is -2.26. The van der Waals surface area contributed by atoms with Crippen LogP contribution in [0.3, 0.4) is 0 Å². The normalized spacial score (nSPS) is 17.5. The quantitative estimate of drug-likeness (QED) is 0.516. The van der Waals surface area contributed by atoms with E-state index in [1.54, 1.807) is 12.1 Å². The molecule has 2 aromatic carbocycles. The maximum atomic E-state index is 12.5. The van der Waals surface area contributed by atoms with Crippen LogP contribution < -0.4 is 10.1 Å². The molecule has 0 radical (unpaired) electrons. The number of benzene rings is 2. The molecule has 0 saturated carbocycles. The summed E-state index contributed by atoms with van der Waals surface area (Å²) in [5, 5.41) is 12.9. The Morgan fingerprint density at radius 3 is 2.81 bits per heavy atom. The third kappa shape index (κ3) is 4.10. The van der Waals surface area contributed by atoms with Crippen molar-refractivity contribution in [3.63, 3.8) is 0 Å². The number of nitrogens with one attached hydrogen (secondary N) is 2. The van der Waals surface area contributed by atoms with Gasteiger partial charge in [-0.05, 0) is 42.5 Å². The van der Waals surface area contributed by atoms with E-state index in [1.807, 2.05) is 24.3 Å². The number of nitrogens with zero attached hydrogens (tertiary/aromatic N) is 1. The fourth-order valence-corrected chi connectivity index (χ4v) is 4.04. The van der Waals surface area contributed by atoms with Gasteiger partial charge in [0, 0.05) is 47.5 Å². The summed E-state index contributed by atoms with van der Waals surface area (Å²) in [6, 6.07) is 12.5. The number of morpholine rings is 1. The molecule has 8 heteroatoms. The lowest BCUT2D eigenvalue weighted by atomic mass is 10.0. The van der Waals surface area contributed by atoms with Gasteiger partial charge in [-0.15, -0.1) is 0 Å². The van der Waals surface area contributed by atoms with Crippen molar-refractivity contribution in [2.24, 2.45) is 0 Å². The Kier molecular flexibility index (Phi) is 5.38. The van der Waals surface area contributed by atoms with Gasteiger partial charge in [-0.3, -0.25) is 9.69 Å². The van der Waals surface area contributed by atoms with Crippen LogP contribution in [0.25, 0.3) is 22.6 Å². The summed E-state index contributed by atoms with van der Waals surface area (Å²) in [5.41, 5.74) is 3.55. The Bertz CT molecular complexity index is 1220. The van der Waals surface area contributed by atoms with Gasteiger partial charge in [-0.2, -0.15) is 0 Å². The van der Waals surface area contributed by atoms with Gasteiger partial charge in [0.05, 0.1) is 24.4 Å². The first kappa shape index (κ1) is 20.3. The smallest absolute Gasteiger partial charge is 0.335 e. The zero-order valence-corrected chi connectivity index (χ0v) is 17.4. The molecule has 0 unspecified atom stereocenters. The number of ether oxygens (including phenoxy) is 2. The molecule has 32 heavy (non-hydrogen) atoms. The Labute approximate surface area is 184 Å². The summed E-state index contributed by atoms with van der Waals surface area (Å²) in [4.78, 5) is 29.3. The molecule has 1 aromatic heterocycles. The van der Waals surface area contributed by atoms with Crippen LogP contribution in [-0.2, 0) is 9.53 Å². The van der Waals surface area contributed by atoms with E-state index in [-0.39, 0.29) is 11.5 Å². The zero-order valence-electron chi connectivity index (χ0n) is 17.4. The highest BCUT2D eigenvalue weighted by molar-refractivity contribution is 6.35. The summed E-state index contributed by atoms with van der Waals surface area (Å²) in [5.74, 6) is -0.486. The average molecular weight is 433 g/mol. The number of rotatable bonds is 6. The Balaban J connectivity index is 1.32. The molecule has 2 aliphatic heterocycles. The van der Waals surface area contributed by atoms with Crippen LogP contribution >= 0.6 is 0 Å². The molecule has 0 aliphatic carbocycles. The molecule has 1 saturated heterocycles. The van der Waals surface area contributed by atoms with Gasteiger partial charge in [0.25, 0.3) is 5.91 Å². The van der Waals surface area contributed by atoms with Crippen molar-refractivity contribution in [2.45, 2.75) is 0 Å². The van der Waals surface area contributed by atoms with Gasteiger partial charge in [0.1, 0.15) is 12.4 Å². The second kappa shape index (κ2) is 8.49. The van der Waals surface area contributed by atoms with Gasteiger partial charge in [-0.1, -0.05) is 6.07 Å². The highest BCUT2D eigenvalue weighted by atomic mass is 16.5. The monoisotopic (exact) mass is 433 g/mol. The minimum atomic E-state index is -1.03. The maximum absolute atomic E-state index is 12.5. The van der Waals surface area contributed by atoms with Crippen molar-refractivity contribution >= 4 is 40.1 Å². The van der Waals surface area contributed by atoms with E-state index in [0.29, 0.717) is 23.4 Å². The van der Waals surface area contributed by atoms with E-state index in [2.05, 4.69) is 15.2 Å². The number of carboxylic acid groups (broad SMARTS) is 1. The van der Waals surface area contributed by atoms with Crippen molar-refractivity contribution in [3.8, 4) is 5.75 Å². The molecule has 3 aromatic rings. The first-order valence-corrected chi connectivity index (χ1v) is 10.5. The number of hydrogen-bond acceptors (Lipinski definition) is 5. The number of aromatic carboxylic acids is 1. The van der Waals surface area contributed by atoms with Crippen LogP contribution in [0.1, 0.15) is 21.6 Å². The third-order valence-corrected chi connectivity index (χ3v) is 5.74. The number of aromatic nitrogens is 1. The van der Waals surface area contributed by atoms with E-state index in [0.717, 1.165) is 55.2 Å². The molecule has 3 N–H and O–H groups in total. The molecule has 0 bridgehead atoms. The van der Waals surface area contributed by atoms with Crippen molar-refractivity contribution in [1.82, 2.24) is 9.88 Å². The minimum Gasteiger partial charge on any atom is -0.492 e. The second-order valence-corrected chi connectivity index (χ2v) is 7.85. The van der Waals surface area contributed by atoms with Crippen molar-refractivity contribution in [1.29, 1.82) is 0 Å². The molecule has 1 amide bonds. The number of H-pyrrole nitrogens is 1. The molecule has 5 rings (SSSR count). The van der Waals surface area contributed by atoms with Crippen LogP contribution in [0.2, 0.25) is 0 Å². The third-order valence-electron chi connectivity index (χ3n) is 5.74. The Morgan fingerprint density at radius 2 is 2.00 bits per heavy atom. The number of carbonyl (C=O) groups is 2. The van der Waals surface area contributed by atoms with E-state index in [9.17, 15) is 9.59 Å². The molecule has 8 nitrogen and oxygen atoms in total. The minimum absolute atomic E-state index is 0.136. The number of aromatic amines is 1. The SMILES string of the molecule is O=C1Nc2cc(C(=O)O)ccc2/C1=C/c1cc2cc(OCCN3CCOCC3)ccc2[nH]1. The predicted molar refractivity (Wildman–Crippen MR) is 121 cm³/mol. The van der Waals surface area contributed by atoms with Gasteiger partial charge in [0.15, 0.2) is 0 Å².